The smallest absolute Gasteiger partial charge is 0.124 e. The zero-order valence-corrected chi connectivity index (χ0v) is 12.5. The van der Waals surface area contributed by atoms with Crippen LogP contribution in [0.3, 0.4) is 0 Å². The van der Waals surface area contributed by atoms with Crippen molar-refractivity contribution in [3.8, 4) is 10.6 Å². The number of thiazole rings is 1. The fraction of sp³-hybridized carbons (Fsp3) is 0.0714. The second-order valence-corrected chi connectivity index (χ2v) is 6.18. The van der Waals surface area contributed by atoms with E-state index < -0.39 is 0 Å². The van der Waals surface area contributed by atoms with Gasteiger partial charge < -0.3 is 0 Å². The molecule has 0 aliphatic carbocycles. The third-order valence-corrected chi connectivity index (χ3v) is 4.55. The second-order valence-electron chi connectivity index (χ2n) is 3.97. The molecule has 0 N–H and O–H groups in total. The van der Waals surface area contributed by atoms with Gasteiger partial charge in [0.05, 0.1) is 10.2 Å². The van der Waals surface area contributed by atoms with Crippen LogP contribution in [-0.4, -0.2) is 4.98 Å². The molecule has 0 radical (unpaired) electrons. The Balaban J connectivity index is 2.13. The van der Waals surface area contributed by atoms with Crippen LogP contribution in [0.2, 0.25) is 0 Å². The molecule has 3 rings (SSSR count). The molecule has 0 atom stereocenters. The maximum absolute atomic E-state index is 5.86. The van der Waals surface area contributed by atoms with E-state index in [1.54, 1.807) is 11.3 Å². The molecule has 1 nitrogen and oxygen atoms in total. The fourth-order valence-electron chi connectivity index (χ4n) is 1.81. The number of benzene rings is 2. The van der Waals surface area contributed by atoms with Crippen molar-refractivity contribution in [2.75, 3.05) is 0 Å². The first kappa shape index (κ1) is 12.2. The number of alkyl halides is 1. The van der Waals surface area contributed by atoms with E-state index in [2.05, 4.69) is 39.1 Å². The Hall–Kier alpha value is -0.900. The van der Waals surface area contributed by atoms with Crippen LogP contribution in [0.25, 0.3) is 20.8 Å². The molecule has 0 unspecified atom stereocenters. The van der Waals surface area contributed by atoms with Crippen molar-refractivity contribution in [3.05, 3.63) is 52.5 Å². The first-order valence-electron chi connectivity index (χ1n) is 5.47. The van der Waals surface area contributed by atoms with E-state index >= 15 is 0 Å². The minimum atomic E-state index is 0.532. The van der Waals surface area contributed by atoms with Gasteiger partial charge in [-0.1, -0.05) is 34.1 Å². The van der Waals surface area contributed by atoms with Crippen LogP contribution < -0.4 is 0 Å². The molecule has 0 saturated heterocycles. The summed E-state index contributed by atoms with van der Waals surface area (Å²) >= 11 is 11.0. The average Bonchev–Trinajstić information content (AvgIpc) is 2.81. The van der Waals surface area contributed by atoms with Gasteiger partial charge in [0.2, 0.25) is 0 Å². The highest BCUT2D eigenvalue weighted by Gasteiger charge is 2.07. The predicted molar refractivity (Wildman–Crippen MR) is 82.3 cm³/mol. The lowest BCUT2D eigenvalue weighted by atomic mass is 10.1. The van der Waals surface area contributed by atoms with Crippen molar-refractivity contribution < 1.29 is 0 Å². The van der Waals surface area contributed by atoms with Crippen LogP contribution in [-0.2, 0) is 5.88 Å². The summed E-state index contributed by atoms with van der Waals surface area (Å²) in [5.41, 5.74) is 3.29. The van der Waals surface area contributed by atoms with Gasteiger partial charge in [-0.2, -0.15) is 0 Å². The Kier molecular flexibility index (Phi) is 3.37. The maximum atomic E-state index is 5.86. The summed E-state index contributed by atoms with van der Waals surface area (Å²) in [6, 6.07) is 14.4. The molecule has 0 bridgehead atoms. The summed E-state index contributed by atoms with van der Waals surface area (Å²) in [5.74, 6) is 0.532. The van der Waals surface area contributed by atoms with Crippen LogP contribution in [0.5, 0.6) is 0 Å². The van der Waals surface area contributed by atoms with Crippen LogP contribution in [0.1, 0.15) is 5.56 Å². The monoisotopic (exact) mass is 337 g/mol. The molecule has 0 saturated carbocycles. The van der Waals surface area contributed by atoms with Crippen LogP contribution in [0.15, 0.2) is 46.9 Å². The Labute approximate surface area is 123 Å². The standard InChI is InChI=1S/C14H9BrClNS/c15-11-4-5-12-13(7-11)18-14(17-12)10-3-1-2-9(6-10)8-16/h1-7H,8H2. The highest BCUT2D eigenvalue weighted by atomic mass is 79.9. The van der Waals surface area contributed by atoms with Crippen molar-refractivity contribution in [1.29, 1.82) is 0 Å². The summed E-state index contributed by atoms with van der Waals surface area (Å²) < 4.78 is 2.27. The number of rotatable bonds is 2. The molecule has 0 aliphatic heterocycles. The Bertz CT molecular complexity index is 708. The molecule has 18 heavy (non-hydrogen) atoms. The molecule has 1 heterocycles. The normalized spacial score (nSPS) is 11.0. The summed E-state index contributed by atoms with van der Waals surface area (Å²) in [4.78, 5) is 4.65. The number of aromatic nitrogens is 1. The molecular formula is C14H9BrClNS. The molecule has 0 aliphatic rings. The van der Waals surface area contributed by atoms with Gasteiger partial charge in [-0.05, 0) is 29.8 Å². The summed E-state index contributed by atoms with van der Waals surface area (Å²) in [6.07, 6.45) is 0. The third kappa shape index (κ3) is 2.30. The van der Waals surface area contributed by atoms with Gasteiger partial charge in [-0.25, -0.2) is 4.98 Å². The number of fused-ring (bicyclic) bond motifs is 1. The summed E-state index contributed by atoms with van der Waals surface area (Å²) in [6.45, 7) is 0. The van der Waals surface area contributed by atoms with Gasteiger partial charge >= 0.3 is 0 Å². The SMILES string of the molecule is ClCc1cccc(-c2nc3ccc(Br)cc3s2)c1. The Morgan fingerprint density at radius 3 is 2.89 bits per heavy atom. The second kappa shape index (κ2) is 5.00. The number of hydrogen-bond acceptors (Lipinski definition) is 2. The molecule has 4 heteroatoms. The number of halogens is 2. The van der Waals surface area contributed by atoms with Crippen molar-refractivity contribution in [2.45, 2.75) is 5.88 Å². The number of nitrogens with zero attached hydrogens (tertiary/aromatic N) is 1. The van der Waals surface area contributed by atoms with Gasteiger partial charge in [0.25, 0.3) is 0 Å². The van der Waals surface area contributed by atoms with Gasteiger partial charge in [-0.3, -0.25) is 0 Å². The van der Waals surface area contributed by atoms with Crippen LogP contribution >= 0.6 is 38.9 Å². The molecule has 0 fully saturated rings. The van der Waals surface area contributed by atoms with Gasteiger partial charge in [0.1, 0.15) is 5.01 Å². The molecular weight excluding hydrogens is 330 g/mol. The molecule has 0 amide bonds. The molecule has 1 aromatic heterocycles. The quantitative estimate of drug-likeness (QED) is 0.565. The van der Waals surface area contributed by atoms with E-state index in [1.807, 2.05) is 24.3 Å². The van der Waals surface area contributed by atoms with Gasteiger partial charge in [0, 0.05) is 15.9 Å². The maximum Gasteiger partial charge on any atom is 0.124 e. The Morgan fingerprint density at radius 2 is 2.06 bits per heavy atom. The van der Waals surface area contributed by atoms with Crippen LogP contribution in [0, 0.1) is 0 Å². The third-order valence-electron chi connectivity index (χ3n) is 2.68. The lowest BCUT2D eigenvalue weighted by Crippen LogP contribution is -1.80. The molecule has 90 valence electrons. The highest BCUT2D eigenvalue weighted by Crippen LogP contribution is 2.32. The predicted octanol–water partition coefficient (Wildman–Crippen LogP) is 5.46. The first-order valence-corrected chi connectivity index (χ1v) is 7.62. The Morgan fingerprint density at radius 1 is 1.17 bits per heavy atom. The largest absolute Gasteiger partial charge is 0.236 e. The molecule has 2 aromatic carbocycles. The van der Waals surface area contributed by atoms with E-state index in [0.29, 0.717) is 5.88 Å². The zero-order chi connectivity index (χ0) is 12.5. The van der Waals surface area contributed by atoms with E-state index in [9.17, 15) is 0 Å². The van der Waals surface area contributed by atoms with Crippen molar-refractivity contribution in [3.63, 3.8) is 0 Å². The van der Waals surface area contributed by atoms with Crippen molar-refractivity contribution >= 4 is 49.1 Å². The fourth-order valence-corrected chi connectivity index (χ4v) is 3.49. The van der Waals surface area contributed by atoms with E-state index in [-0.39, 0.29) is 0 Å². The van der Waals surface area contributed by atoms with Crippen LogP contribution in [0.4, 0.5) is 0 Å². The van der Waals surface area contributed by atoms with Crippen molar-refractivity contribution in [1.82, 2.24) is 4.98 Å². The zero-order valence-electron chi connectivity index (χ0n) is 9.36. The summed E-state index contributed by atoms with van der Waals surface area (Å²) in [5, 5.41) is 1.04. The van der Waals surface area contributed by atoms with E-state index in [0.717, 1.165) is 26.1 Å². The topological polar surface area (TPSA) is 12.9 Å². The van der Waals surface area contributed by atoms with E-state index in [4.69, 9.17) is 11.6 Å². The lowest BCUT2D eigenvalue weighted by molar-refractivity contribution is 1.39. The average molecular weight is 339 g/mol. The first-order chi connectivity index (χ1) is 8.76. The van der Waals surface area contributed by atoms with Gasteiger partial charge in [0.15, 0.2) is 0 Å². The minimum absolute atomic E-state index is 0.532. The van der Waals surface area contributed by atoms with E-state index in [1.165, 1.54) is 4.70 Å². The highest BCUT2D eigenvalue weighted by molar-refractivity contribution is 9.10. The molecule has 3 aromatic rings. The molecule has 0 spiro atoms. The minimum Gasteiger partial charge on any atom is -0.236 e. The lowest BCUT2D eigenvalue weighted by Gasteiger charge is -1.98. The summed E-state index contributed by atoms with van der Waals surface area (Å²) in [7, 11) is 0. The number of hydrogen-bond donors (Lipinski definition) is 0. The van der Waals surface area contributed by atoms with Gasteiger partial charge in [-0.15, -0.1) is 22.9 Å². The van der Waals surface area contributed by atoms with Crippen molar-refractivity contribution in [2.24, 2.45) is 0 Å².